The van der Waals surface area contributed by atoms with Gasteiger partial charge in [0, 0.05) is 5.57 Å². The molecule has 18 heavy (non-hydrogen) atoms. The molecule has 1 unspecified atom stereocenters. The number of esters is 1. The summed E-state index contributed by atoms with van der Waals surface area (Å²) < 4.78 is 4.74. The zero-order chi connectivity index (χ0) is 13.9. The first kappa shape index (κ1) is 14.0. The van der Waals surface area contributed by atoms with Crippen molar-refractivity contribution in [1.82, 2.24) is 0 Å². The number of hydrogen-bond acceptors (Lipinski definition) is 4. The highest BCUT2D eigenvalue weighted by Gasteiger charge is 2.38. The van der Waals surface area contributed by atoms with Crippen LogP contribution in [0.1, 0.15) is 20.3 Å². The lowest BCUT2D eigenvalue weighted by atomic mass is 9.78. The van der Waals surface area contributed by atoms with Crippen LogP contribution in [-0.2, 0) is 19.1 Å². The summed E-state index contributed by atoms with van der Waals surface area (Å²) in [7, 11) is 0. The predicted octanol–water partition coefficient (Wildman–Crippen LogP) is 0.982. The average Bonchev–Trinajstić information content (AvgIpc) is 2.28. The van der Waals surface area contributed by atoms with E-state index in [1.165, 1.54) is 13.0 Å². The summed E-state index contributed by atoms with van der Waals surface area (Å²) in [5.74, 6) is -3.14. The average molecular weight is 254 g/mol. The zero-order valence-electron chi connectivity index (χ0n) is 10.1. The van der Waals surface area contributed by atoms with Gasteiger partial charge in [0.2, 0.25) is 0 Å². The maximum Gasteiger partial charge on any atom is 0.337 e. The van der Waals surface area contributed by atoms with Crippen molar-refractivity contribution >= 4 is 17.9 Å². The quantitative estimate of drug-likeness (QED) is 0.725. The Kier molecular flexibility index (Phi) is 3.90. The maximum absolute atomic E-state index is 11.6. The highest BCUT2D eigenvalue weighted by atomic mass is 16.5. The largest absolute Gasteiger partial charge is 0.481 e. The van der Waals surface area contributed by atoms with Crippen LogP contribution >= 0.6 is 0 Å². The Labute approximate surface area is 104 Å². The van der Waals surface area contributed by atoms with E-state index in [4.69, 9.17) is 14.9 Å². The number of carbonyl (C=O) groups excluding carboxylic acids is 1. The standard InChI is InChI=1S/C12H14O6/c1-3-18-10(15)8-4-7(9(13)14)5-12(2,6-8)11(16)17/h4,6H,3,5H2,1-2H3,(H,13,14)(H,16,17). The van der Waals surface area contributed by atoms with E-state index in [0.717, 1.165) is 6.08 Å². The van der Waals surface area contributed by atoms with Crippen LogP contribution < -0.4 is 0 Å². The van der Waals surface area contributed by atoms with Crippen molar-refractivity contribution in [2.24, 2.45) is 5.41 Å². The van der Waals surface area contributed by atoms with Gasteiger partial charge in [-0.2, -0.15) is 0 Å². The van der Waals surface area contributed by atoms with Crippen LogP contribution in [0.4, 0.5) is 0 Å². The Balaban J connectivity index is 3.19. The Morgan fingerprint density at radius 1 is 1.39 bits per heavy atom. The van der Waals surface area contributed by atoms with Gasteiger partial charge in [0.25, 0.3) is 0 Å². The van der Waals surface area contributed by atoms with Crippen LogP contribution in [0.25, 0.3) is 0 Å². The number of hydrogen-bond donors (Lipinski definition) is 2. The fourth-order valence-corrected chi connectivity index (χ4v) is 1.68. The molecule has 6 heteroatoms. The molecule has 0 saturated heterocycles. The van der Waals surface area contributed by atoms with E-state index in [1.807, 2.05) is 0 Å². The Hall–Kier alpha value is -2.11. The summed E-state index contributed by atoms with van der Waals surface area (Å²) in [6, 6.07) is 0. The molecule has 0 fully saturated rings. The smallest absolute Gasteiger partial charge is 0.337 e. The minimum Gasteiger partial charge on any atom is -0.481 e. The van der Waals surface area contributed by atoms with Crippen LogP contribution in [0.5, 0.6) is 0 Å². The lowest BCUT2D eigenvalue weighted by Gasteiger charge is -2.25. The van der Waals surface area contributed by atoms with Crippen LogP contribution in [0.15, 0.2) is 23.3 Å². The molecule has 0 spiro atoms. The third-order valence-electron chi connectivity index (χ3n) is 2.64. The van der Waals surface area contributed by atoms with Crippen molar-refractivity contribution in [2.75, 3.05) is 6.61 Å². The lowest BCUT2D eigenvalue weighted by Crippen LogP contribution is -2.31. The third kappa shape index (κ3) is 2.77. The van der Waals surface area contributed by atoms with E-state index >= 15 is 0 Å². The minimum absolute atomic E-state index is 0.0367. The number of ether oxygens (including phenoxy) is 1. The molecule has 2 N–H and O–H groups in total. The van der Waals surface area contributed by atoms with Crippen molar-refractivity contribution in [3.63, 3.8) is 0 Å². The fourth-order valence-electron chi connectivity index (χ4n) is 1.68. The van der Waals surface area contributed by atoms with Crippen LogP contribution in [-0.4, -0.2) is 34.7 Å². The summed E-state index contributed by atoms with van der Waals surface area (Å²) in [5, 5.41) is 18.1. The highest BCUT2D eigenvalue weighted by molar-refractivity contribution is 5.99. The second-order valence-electron chi connectivity index (χ2n) is 4.19. The summed E-state index contributed by atoms with van der Waals surface area (Å²) >= 11 is 0. The van der Waals surface area contributed by atoms with Crippen LogP contribution in [0, 0.1) is 5.41 Å². The Morgan fingerprint density at radius 2 is 2.00 bits per heavy atom. The molecule has 98 valence electrons. The summed E-state index contributed by atoms with van der Waals surface area (Å²) in [6.07, 6.45) is 2.23. The van der Waals surface area contributed by atoms with Crippen molar-refractivity contribution in [2.45, 2.75) is 20.3 Å². The first-order chi connectivity index (χ1) is 8.30. The summed E-state index contributed by atoms with van der Waals surface area (Å²) in [5.41, 5.74) is -1.57. The molecule has 0 radical (unpaired) electrons. The molecule has 0 aromatic carbocycles. The van der Waals surface area contributed by atoms with Crippen LogP contribution in [0.3, 0.4) is 0 Å². The molecule has 0 heterocycles. The normalized spacial score (nSPS) is 22.8. The molecule has 0 amide bonds. The number of rotatable bonds is 4. The van der Waals surface area contributed by atoms with E-state index in [1.54, 1.807) is 6.92 Å². The van der Waals surface area contributed by atoms with E-state index in [0.29, 0.717) is 0 Å². The van der Waals surface area contributed by atoms with Crippen molar-refractivity contribution < 1.29 is 29.3 Å². The molecule has 1 atom stereocenters. The van der Waals surface area contributed by atoms with Crippen molar-refractivity contribution in [3.8, 4) is 0 Å². The molecule has 1 aliphatic rings. The van der Waals surface area contributed by atoms with E-state index in [-0.39, 0.29) is 24.2 Å². The summed E-state index contributed by atoms with van der Waals surface area (Å²) in [4.78, 5) is 33.7. The lowest BCUT2D eigenvalue weighted by molar-refractivity contribution is -0.145. The van der Waals surface area contributed by atoms with E-state index in [2.05, 4.69) is 0 Å². The maximum atomic E-state index is 11.6. The van der Waals surface area contributed by atoms with Gasteiger partial charge in [0.1, 0.15) is 0 Å². The predicted molar refractivity (Wildman–Crippen MR) is 60.8 cm³/mol. The minimum atomic E-state index is -1.41. The molecular formula is C12H14O6. The molecule has 0 aromatic heterocycles. The van der Waals surface area contributed by atoms with Gasteiger partial charge < -0.3 is 14.9 Å². The van der Waals surface area contributed by atoms with Gasteiger partial charge >= 0.3 is 17.9 Å². The van der Waals surface area contributed by atoms with Crippen molar-refractivity contribution in [3.05, 3.63) is 23.3 Å². The monoisotopic (exact) mass is 254 g/mol. The SMILES string of the molecule is CCOC(=O)C1=CC(C)(C(=O)O)CC(C(=O)O)=C1. The Morgan fingerprint density at radius 3 is 2.44 bits per heavy atom. The van der Waals surface area contributed by atoms with Gasteiger partial charge in [-0.3, -0.25) is 4.79 Å². The number of aliphatic carboxylic acids is 2. The molecule has 0 aromatic rings. The number of carbonyl (C=O) groups is 3. The topological polar surface area (TPSA) is 101 Å². The first-order valence-electron chi connectivity index (χ1n) is 5.37. The van der Waals surface area contributed by atoms with Gasteiger partial charge in [0.05, 0.1) is 17.6 Å². The molecule has 0 aliphatic heterocycles. The summed E-state index contributed by atoms with van der Waals surface area (Å²) in [6.45, 7) is 3.11. The van der Waals surface area contributed by atoms with E-state index < -0.39 is 23.3 Å². The molecule has 1 rings (SSSR count). The van der Waals surface area contributed by atoms with Gasteiger partial charge in [0.15, 0.2) is 0 Å². The van der Waals surface area contributed by atoms with Gasteiger partial charge in [-0.05, 0) is 26.3 Å². The second kappa shape index (κ2) is 5.03. The molecule has 6 nitrogen and oxygen atoms in total. The number of carboxylic acids is 2. The zero-order valence-corrected chi connectivity index (χ0v) is 10.1. The molecule has 0 saturated carbocycles. The van der Waals surface area contributed by atoms with Crippen molar-refractivity contribution in [1.29, 1.82) is 0 Å². The second-order valence-corrected chi connectivity index (χ2v) is 4.19. The van der Waals surface area contributed by atoms with Gasteiger partial charge in [-0.15, -0.1) is 0 Å². The number of carboxylic acid groups (broad SMARTS) is 2. The molecule has 1 aliphatic carbocycles. The highest BCUT2D eigenvalue weighted by Crippen LogP contribution is 2.34. The third-order valence-corrected chi connectivity index (χ3v) is 2.64. The van der Waals surface area contributed by atoms with Gasteiger partial charge in [-0.25, -0.2) is 9.59 Å². The fraction of sp³-hybridized carbons (Fsp3) is 0.417. The Bertz CT molecular complexity index is 459. The van der Waals surface area contributed by atoms with Gasteiger partial charge in [-0.1, -0.05) is 6.08 Å². The van der Waals surface area contributed by atoms with Crippen LogP contribution in [0.2, 0.25) is 0 Å². The molecule has 0 bridgehead atoms. The molecular weight excluding hydrogens is 240 g/mol. The first-order valence-corrected chi connectivity index (χ1v) is 5.37. The van der Waals surface area contributed by atoms with E-state index in [9.17, 15) is 14.4 Å².